The zero-order valence-electron chi connectivity index (χ0n) is 18.6. The number of rotatable bonds is 4. The highest BCUT2D eigenvalue weighted by Gasteiger charge is 2.37. The van der Waals surface area contributed by atoms with Crippen LogP contribution >= 0.6 is 0 Å². The van der Waals surface area contributed by atoms with Crippen LogP contribution in [0.2, 0.25) is 0 Å². The van der Waals surface area contributed by atoms with E-state index in [1.54, 1.807) is 6.92 Å². The lowest BCUT2D eigenvalue weighted by Crippen LogP contribution is -2.46. The number of nitro benzene ring substituents is 1. The van der Waals surface area contributed by atoms with Crippen molar-refractivity contribution >= 4 is 27.3 Å². The number of halogens is 1. The van der Waals surface area contributed by atoms with Crippen molar-refractivity contribution in [3.8, 4) is 0 Å². The summed E-state index contributed by atoms with van der Waals surface area (Å²) in [7, 11) is -3.94. The van der Waals surface area contributed by atoms with Crippen molar-refractivity contribution in [1.82, 2.24) is 4.31 Å². The molecule has 0 unspecified atom stereocenters. The molecular formula is C23H26FN3O5S. The van der Waals surface area contributed by atoms with Gasteiger partial charge in [0.15, 0.2) is 0 Å². The first-order valence-corrected chi connectivity index (χ1v) is 12.4. The summed E-state index contributed by atoms with van der Waals surface area (Å²) in [4.78, 5) is 25.2. The molecule has 2 heterocycles. The van der Waals surface area contributed by atoms with Gasteiger partial charge in [0.2, 0.25) is 15.9 Å². The van der Waals surface area contributed by atoms with E-state index in [0.29, 0.717) is 30.6 Å². The summed E-state index contributed by atoms with van der Waals surface area (Å²) in [5, 5.41) is 11.1. The highest BCUT2D eigenvalue weighted by molar-refractivity contribution is 7.89. The van der Waals surface area contributed by atoms with Crippen molar-refractivity contribution in [3.05, 3.63) is 63.0 Å². The number of hydrogen-bond acceptors (Lipinski definition) is 5. The zero-order chi connectivity index (χ0) is 23.9. The monoisotopic (exact) mass is 475 g/mol. The van der Waals surface area contributed by atoms with Crippen LogP contribution in [0.3, 0.4) is 0 Å². The van der Waals surface area contributed by atoms with Crippen LogP contribution in [0.5, 0.6) is 0 Å². The molecule has 0 saturated carbocycles. The lowest BCUT2D eigenvalue weighted by Gasteiger charge is -2.36. The Morgan fingerprint density at radius 1 is 1.12 bits per heavy atom. The highest BCUT2D eigenvalue weighted by atomic mass is 32.2. The molecule has 1 fully saturated rings. The summed E-state index contributed by atoms with van der Waals surface area (Å²) in [6.07, 6.45) is 2.09. The van der Waals surface area contributed by atoms with Crippen LogP contribution < -0.4 is 4.90 Å². The molecule has 0 atom stereocenters. The number of benzene rings is 2. The van der Waals surface area contributed by atoms with Gasteiger partial charge in [-0.1, -0.05) is 12.1 Å². The van der Waals surface area contributed by atoms with Gasteiger partial charge in [-0.25, -0.2) is 12.8 Å². The number of carbonyl (C=O) groups is 1. The Labute approximate surface area is 192 Å². The van der Waals surface area contributed by atoms with E-state index in [1.165, 1.54) is 27.4 Å². The first-order valence-electron chi connectivity index (χ1n) is 10.9. The van der Waals surface area contributed by atoms with Gasteiger partial charge >= 0.3 is 0 Å². The standard InChI is InChI=1S/C23H26FN3O5S/c1-15-12-18-4-3-9-26(22(18)20(24)13-15)23(28)17-7-10-25(11-8-17)33(31,32)21-14-19(27(29)30)6-5-16(21)2/h5-6,12-14,17H,3-4,7-11H2,1-2H3. The average molecular weight is 476 g/mol. The minimum absolute atomic E-state index is 0.0936. The number of sulfonamides is 1. The molecule has 2 aliphatic heterocycles. The fourth-order valence-electron chi connectivity index (χ4n) is 4.74. The molecule has 0 bridgehead atoms. The number of nitro groups is 1. The number of nitrogens with zero attached hydrogens (tertiary/aromatic N) is 3. The number of amides is 1. The maximum absolute atomic E-state index is 14.7. The van der Waals surface area contributed by atoms with Gasteiger partial charge < -0.3 is 4.90 Å². The van der Waals surface area contributed by atoms with Crippen molar-refractivity contribution in [1.29, 1.82) is 0 Å². The quantitative estimate of drug-likeness (QED) is 0.495. The van der Waals surface area contributed by atoms with Crippen LogP contribution in [0, 0.1) is 35.7 Å². The third kappa shape index (κ3) is 4.37. The Morgan fingerprint density at radius 3 is 2.48 bits per heavy atom. The van der Waals surface area contributed by atoms with Gasteiger partial charge in [0, 0.05) is 37.7 Å². The summed E-state index contributed by atoms with van der Waals surface area (Å²) in [5.41, 5.74) is 2.13. The van der Waals surface area contributed by atoms with Crippen LogP contribution in [0.1, 0.15) is 36.0 Å². The highest BCUT2D eigenvalue weighted by Crippen LogP contribution is 2.34. The topological polar surface area (TPSA) is 101 Å². The van der Waals surface area contributed by atoms with E-state index >= 15 is 0 Å². The molecule has 10 heteroatoms. The minimum Gasteiger partial charge on any atom is -0.309 e. The first kappa shape index (κ1) is 23.3. The Morgan fingerprint density at radius 2 is 1.82 bits per heavy atom. The van der Waals surface area contributed by atoms with E-state index in [4.69, 9.17) is 0 Å². The van der Waals surface area contributed by atoms with Gasteiger partial charge in [-0.3, -0.25) is 14.9 Å². The SMILES string of the molecule is Cc1cc(F)c2c(c1)CCCN2C(=O)C1CCN(S(=O)(=O)c2cc([N+](=O)[O-])ccc2C)CC1. The number of aryl methyl sites for hydroxylation is 3. The molecule has 2 aromatic rings. The number of hydrogen-bond donors (Lipinski definition) is 0. The third-order valence-corrected chi connectivity index (χ3v) is 8.49. The second-order valence-electron chi connectivity index (χ2n) is 8.73. The largest absolute Gasteiger partial charge is 0.309 e. The smallest absolute Gasteiger partial charge is 0.270 e. The fourth-order valence-corrected chi connectivity index (χ4v) is 6.46. The molecule has 1 amide bonds. The number of anilines is 1. The van der Waals surface area contributed by atoms with E-state index in [9.17, 15) is 27.7 Å². The van der Waals surface area contributed by atoms with Crippen molar-refractivity contribution in [2.45, 2.75) is 44.4 Å². The molecule has 176 valence electrons. The van der Waals surface area contributed by atoms with Crippen LogP contribution in [-0.4, -0.2) is 43.2 Å². The molecule has 4 rings (SSSR count). The molecule has 33 heavy (non-hydrogen) atoms. The van der Waals surface area contributed by atoms with Gasteiger partial charge in [0.25, 0.3) is 5.69 Å². The number of piperidine rings is 1. The summed E-state index contributed by atoms with van der Waals surface area (Å²) in [5.74, 6) is -0.990. The number of carbonyl (C=O) groups excluding carboxylic acids is 1. The maximum Gasteiger partial charge on any atom is 0.270 e. The molecule has 0 spiro atoms. The van der Waals surface area contributed by atoms with E-state index in [0.717, 1.165) is 30.0 Å². The molecule has 0 N–H and O–H groups in total. The Kier molecular flexibility index (Phi) is 6.24. The van der Waals surface area contributed by atoms with Crippen molar-refractivity contribution in [2.24, 2.45) is 5.92 Å². The van der Waals surface area contributed by atoms with Crippen LogP contribution in [-0.2, 0) is 21.2 Å². The van der Waals surface area contributed by atoms with Gasteiger partial charge in [-0.15, -0.1) is 0 Å². The third-order valence-electron chi connectivity index (χ3n) is 6.45. The van der Waals surface area contributed by atoms with Crippen LogP contribution in [0.25, 0.3) is 0 Å². The molecule has 0 radical (unpaired) electrons. The molecule has 0 aromatic heterocycles. The molecule has 8 nitrogen and oxygen atoms in total. The molecule has 2 aliphatic rings. The minimum atomic E-state index is -3.94. The molecule has 1 saturated heterocycles. The fraction of sp³-hybridized carbons (Fsp3) is 0.435. The molecular weight excluding hydrogens is 449 g/mol. The second-order valence-corrected chi connectivity index (χ2v) is 10.6. The van der Waals surface area contributed by atoms with Gasteiger partial charge in [-0.05, 0) is 62.3 Å². The summed E-state index contributed by atoms with van der Waals surface area (Å²) in [6, 6.07) is 7.12. The van der Waals surface area contributed by atoms with Crippen molar-refractivity contribution in [2.75, 3.05) is 24.5 Å². The van der Waals surface area contributed by atoms with E-state index < -0.39 is 26.7 Å². The Balaban J connectivity index is 1.51. The lowest BCUT2D eigenvalue weighted by molar-refractivity contribution is -0.385. The Hall–Kier alpha value is -2.85. The van der Waals surface area contributed by atoms with E-state index in [2.05, 4.69) is 0 Å². The van der Waals surface area contributed by atoms with Crippen molar-refractivity contribution in [3.63, 3.8) is 0 Å². The summed E-state index contributed by atoms with van der Waals surface area (Å²) >= 11 is 0. The molecule has 2 aromatic carbocycles. The number of non-ortho nitro benzene ring substituents is 1. The van der Waals surface area contributed by atoms with Gasteiger partial charge in [0.1, 0.15) is 5.82 Å². The maximum atomic E-state index is 14.7. The van der Waals surface area contributed by atoms with Gasteiger partial charge in [0.05, 0.1) is 15.5 Å². The zero-order valence-corrected chi connectivity index (χ0v) is 19.4. The predicted octanol–water partition coefficient (Wildman–Crippen LogP) is 3.73. The van der Waals surface area contributed by atoms with Crippen LogP contribution in [0.15, 0.2) is 35.2 Å². The lowest BCUT2D eigenvalue weighted by atomic mass is 9.93. The summed E-state index contributed by atoms with van der Waals surface area (Å²) in [6.45, 7) is 4.10. The normalized spacial score (nSPS) is 17.6. The van der Waals surface area contributed by atoms with Gasteiger partial charge in [-0.2, -0.15) is 4.31 Å². The Bertz CT molecular complexity index is 1220. The number of fused-ring (bicyclic) bond motifs is 1. The van der Waals surface area contributed by atoms with E-state index in [-0.39, 0.29) is 29.6 Å². The predicted molar refractivity (Wildman–Crippen MR) is 121 cm³/mol. The van der Waals surface area contributed by atoms with E-state index in [1.807, 2.05) is 13.0 Å². The summed E-state index contributed by atoms with van der Waals surface area (Å²) < 4.78 is 42.3. The molecule has 0 aliphatic carbocycles. The van der Waals surface area contributed by atoms with Crippen LogP contribution in [0.4, 0.5) is 15.8 Å². The van der Waals surface area contributed by atoms with Crippen molar-refractivity contribution < 1.29 is 22.5 Å². The second kappa shape index (κ2) is 8.83. The first-order chi connectivity index (χ1) is 15.6. The average Bonchev–Trinajstić information content (AvgIpc) is 2.78.